The first-order valence-corrected chi connectivity index (χ1v) is 11.8. The number of ether oxygens (including phenoxy) is 2. The highest BCUT2D eigenvalue weighted by Crippen LogP contribution is 2.41. The predicted molar refractivity (Wildman–Crippen MR) is 124 cm³/mol. The monoisotopic (exact) mass is 439 g/mol. The zero-order valence-electron chi connectivity index (χ0n) is 18.0. The maximum atomic E-state index is 11.8. The van der Waals surface area contributed by atoms with Gasteiger partial charge in [-0.2, -0.15) is 0 Å². The Morgan fingerprint density at radius 2 is 1.94 bits per heavy atom. The Bertz CT molecular complexity index is 1050. The molecule has 4 rings (SSSR count). The van der Waals surface area contributed by atoms with Gasteiger partial charge in [-0.15, -0.1) is 11.3 Å². The summed E-state index contributed by atoms with van der Waals surface area (Å²) in [5.41, 5.74) is 2.32. The number of carboxylic acids is 1. The van der Waals surface area contributed by atoms with Crippen LogP contribution in [0.2, 0.25) is 0 Å². The van der Waals surface area contributed by atoms with Gasteiger partial charge in [0.25, 0.3) is 0 Å². The van der Waals surface area contributed by atoms with Crippen molar-refractivity contribution >= 4 is 27.4 Å². The van der Waals surface area contributed by atoms with E-state index in [1.54, 1.807) is 11.3 Å². The van der Waals surface area contributed by atoms with Gasteiger partial charge < -0.3 is 14.6 Å². The van der Waals surface area contributed by atoms with E-state index in [0.29, 0.717) is 19.8 Å². The highest BCUT2D eigenvalue weighted by molar-refractivity contribution is 7.17. The molecular weight excluding hydrogens is 410 g/mol. The minimum absolute atomic E-state index is 0.0341. The number of piperidine rings is 1. The average molecular weight is 440 g/mol. The molecule has 1 N–H and O–H groups in total. The Hall–Kier alpha value is -2.57. The zero-order chi connectivity index (χ0) is 21.8. The van der Waals surface area contributed by atoms with E-state index in [1.165, 1.54) is 15.6 Å². The number of aliphatic carboxylic acids is 1. The van der Waals surface area contributed by atoms with Gasteiger partial charge in [0.05, 0.1) is 25.2 Å². The van der Waals surface area contributed by atoms with Crippen LogP contribution < -0.4 is 9.47 Å². The van der Waals surface area contributed by atoms with Crippen molar-refractivity contribution in [2.75, 3.05) is 26.3 Å². The smallest absolute Gasteiger partial charge is 0.307 e. The number of likely N-dealkylation sites (tertiary alicyclic amines) is 1. The van der Waals surface area contributed by atoms with Gasteiger partial charge in [0.2, 0.25) is 0 Å². The predicted octanol–water partition coefficient (Wildman–Crippen LogP) is 5.58. The molecular formula is C25H29NO4S. The Morgan fingerprint density at radius 3 is 2.71 bits per heavy atom. The number of benzene rings is 2. The van der Waals surface area contributed by atoms with Crippen LogP contribution in [-0.4, -0.2) is 42.3 Å². The number of hydrogen-bond donors (Lipinski definition) is 1. The SMILES string of the molecule is CCOc1ccc(C(c2csc3ccccc23)N2CCCC(C(=O)O)C2)cc1OCC. The van der Waals surface area contributed by atoms with Crippen molar-refractivity contribution in [1.29, 1.82) is 0 Å². The average Bonchev–Trinajstić information content (AvgIpc) is 3.20. The van der Waals surface area contributed by atoms with Gasteiger partial charge in [0.1, 0.15) is 0 Å². The van der Waals surface area contributed by atoms with Gasteiger partial charge in [-0.25, -0.2) is 0 Å². The lowest BCUT2D eigenvalue weighted by Crippen LogP contribution is -2.41. The summed E-state index contributed by atoms with van der Waals surface area (Å²) in [5, 5.41) is 13.1. The van der Waals surface area contributed by atoms with Gasteiger partial charge in [-0.3, -0.25) is 9.69 Å². The van der Waals surface area contributed by atoms with Crippen LogP contribution in [0.1, 0.15) is 43.9 Å². The van der Waals surface area contributed by atoms with Crippen LogP contribution in [-0.2, 0) is 4.79 Å². The fraction of sp³-hybridized carbons (Fsp3) is 0.400. The molecule has 0 bridgehead atoms. The second-order valence-corrected chi connectivity index (χ2v) is 8.75. The Labute approximate surface area is 187 Å². The highest BCUT2D eigenvalue weighted by Gasteiger charge is 2.32. The van der Waals surface area contributed by atoms with Crippen LogP contribution in [0, 0.1) is 5.92 Å². The summed E-state index contributed by atoms with van der Waals surface area (Å²) >= 11 is 1.73. The third-order valence-corrected chi connectivity index (χ3v) is 6.84. The standard InChI is InChI=1S/C25H29NO4S/c1-3-29-21-12-11-17(14-22(21)30-4-2)24(26-13-7-8-18(15-26)25(27)28)20-16-31-23-10-6-5-9-19(20)23/h5-6,9-12,14,16,18,24H,3-4,7-8,13,15H2,1-2H3,(H,27,28). The molecule has 6 heteroatoms. The molecule has 0 saturated carbocycles. The molecule has 1 fully saturated rings. The molecule has 1 saturated heterocycles. The summed E-state index contributed by atoms with van der Waals surface area (Å²) in [6, 6.07) is 14.5. The van der Waals surface area contributed by atoms with E-state index in [9.17, 15) is 9.90 Å². The van der Waals surface area contributed by atoms with Gasteiger partial charge in [-0.1, -0.05) is 24.3 Å². The lowest BCUT2D eigenvalue weighted by atomic mass is 9.91. The summed E-state index contributed by atoms with van der Waals surface area (Å²) in [7, 11) is 0. The van der Waals surface area contributed by atoms with Crippen LogP contribution in [0.15, 0.2) is 47.8 Å². The number of hydrogen-bond acceptors (Lipinski definition) is 5. The molecule has 5 nitrogen and oxygen atoms in total. The molecule has 0 amide bonds. The van der Waals surface area contributed by atoms with Crippen LogP contribution >= 0.6 is 11.3 Å². The molecule has 2 unspecified atom stereocenters. The number of thiophene rings is 1. The molecule has 2 atom stereocenters. The quantitative estimate of drug-likeness (QED) is 0.496. The zero-order valence-corrected chi connectivity index (χ0v) is 18.9. The fourth-order valence-corrected chi connectivity index (χ4v) is 5.46. The number of carboxylic acid groups (broad SMARTS) is 1. The highest BCUT2D eigenvalue weighted by atomic mass is 32.1. The lowest BCUT2D eigenvalue weighted by molar-refractivity contribution is -0.143. The van der Waals surface area contributed by atoms with Crippen molar-refractivity contribution in [1.82, 2.24) is 4.90 Å². The summed E-state index contributed by atoms with van der Waals surface area (Å²) in [4.78, 5) is 14.1. The topological polar surface area (TPSA) is 59.0 Å². The third kappa shape index (κ3) is 4.55. The molecule has 0 radical (unpaired) electrons. The summed E-state index contributed by atoms with van der Waals surface area (Å²) in [5.74, 6) is 0.429. The van der Waals surface area contributed by atoms with E-state index in [4.69, 9.17) is 9.47 Å². The van der Waals surface area contributed by atoms with Crippen LogP contribution in [0.4, 0.5) is 0 Å². The van der Waals surface area contributed by atoms with Crippen molar-refractivity contribution in [3.63, 3.8) is 0 Å². The minimum atomic E-state index is -0.708. The molecule has 164 valence electrons. The molecule has 3 aromatic rings. The maximum Gasteiger partial charge on any atom is 0.307 e. The third-order valence-electron chi connectivity index (χ3n) is 5.86. The fourth-order valence-electron chi connectivity index (χ4n) is 4.48. The molecule has 1 aliphatic heterocycles. The van der Waals surface area contributed by atoms with Crippen LogP contribution in [0.25, 0.3) is 10.1 Å². The Kier molecular flexibility index (Phi) is 6.78. The summed E-state index contributed by atoms with van der Waals surface area (Å²) in [6.07, 6.45) is 1.61. The molecule has 1 aliphatic rings. The van der Waals surface area contributed by atoms with E-state index in [-0.39, 0.29) is 12.0 Å². The minimum Gasteiger partial charge on any atom is -0.490 e. The van der Waals surface area contributed by atoms with E-state index in [2.05, 4.69) is 46.7 Å². The number of rotatable bonds is 8. The molecule has 2 aromatic carbocycles. The largest absolute Gasteiger partial charge is 0.490 e. The number of fused-ring (bicyclic) bond motifs is 1. The maximum absolute atomic E-state index is 11.8. The van der Waals surface area contributed by atoms with Gasteiger partial charge in [-0.05, 0) is 73.3 Å². The van der Waals surface area contributed by atoms with E-state index in [0.717, 1.165) is 36.4 Å². The van der Waals surface area contributed by atoms with Crippen molar-refractivity contribution in [3.8, 4) is 11.5 Å². The molecule has 0 spiro atoms. The van der Waals surface area contributed by atoms with Crippen molar-refractivity contribution < 1.29 is 19.4 Å². The second-order valence-electron chi connectivity index (χ2n) is 7.83. The van der Waals surface area contributed by atoms with Crippen LogP contribution in [0.3, 0.4) is 0 Å². The van der Waals surface area contributed by atoms with Gasteiger partial charge in [0, 0.05) is 11.2 Å². The van der Waals surface area contributed by atoms with E-state index >= 15 is 0 Å². The molecule has 31 heavy (non-hydrogen) atoms. The van der Waals surface area contributed by atoms with E-state index < -0.39 is 5.97 Å². The van der Waals surface area contributed by atoms with Crippen molar-refractivity contribution in [2.24, 2.45) is 5.92 Å². The lowest BCUT2D eigenvalue weighted by Gasteiger charge is -2.37. The second kappa shape index (κ2) is 9.71. The Morgan fingerprint density at radius 1 is 1.16 bits per heavy atom. The Balaban J connectivity index is 1.81. The summed E-state index contributed by atoms with van der Waals surface area (Å²) < 4.78 is 12.9. The van der Waals surface area contributed by atoms with E-state index in [1.807, 2.05) is 19.9 Å². The molecule has 0 aliphatic carbocycles. The van der Waals surface area contributed by atoms with Crippen molar-refractivity contribution in [2.45, 2.75) is 32.7 Å². The number of carbonyl (C=O) groups is 1. The molecule has 2 heterocycles. The van der Waals surface area contributed by atoms with Crippen LogP contribution in [0.5, 0.6) is 11.5 Å². The van der Waals surface area contributed by atoms with Gasteiger partial charge >= 0.3 is 5.97 Å². The first-order chi connectivity index (χ1) is 15.1. The first-order valence-electron chi connectivity index (χ1n) is 10.9. The summed E-state index contributed by atoms with van der Waals surface area (Å²) in [6.45, 7) is 6.47. The normalized spacial score (nSPS) is 18.1. The number of nitrogens with zero attached hydrogens (tertiary/aromatic N) is 1. The molecule has 1 aromatic heterocycles. The first kappa shape index (κ1) is 21.7. The van der Waals surface area contributed by atoms with Crippen molar-refractivity contribution in [3.05, 3.63) is 59.0 Å². The van der Waals surface area contributed by atoms with Gasteiger partial charge in [0.15, 0.2) is 11.5 Å².